The summed E-state index contributed by atoms with van der Waals surface area (Å²) in [4.78, 5) is 2.50. The van der Waals surface area contributed by atoms with Crippen LogP contribution in [0.25, 0.3) is 173 Å². The highest BCUT2D eigenvalue weighted by atomic mass is 32.1. The van der Waals surface area contributed by atoms with Crippen molar-refractivity contribution in [1.29, 1.82) is 0 Å². The van der Waals surface area contributed by atoms with Crippen LogP contribution in [0.2, 0.25) is 0 Å². The Morgan fingerprint density at radius 3 is 0.941 bits per heavy atom. The normalized spacial score (nSPS) is 13.3. The minimum atomic E-state index is 0.594. The van der Waals surface area contributed by atoms with Gasteiger partial charge in [0.1, 0.15) is 0 Å². The molecule has 102 heavy (non-hydrogen) atoms. The van der Waals surface area contributed by atoms with Gasteiger partial charge in [0.05, 0.1) is 0 Å². The van der Waals surface area contributed by atoms with Gasteiger partial charge in [-0.05, 0) is 195 Å². The maximum atomic E-state index is 5.20. The van der Waals surface area contributed by atoms with E-state index in [9.17, 15) is 0 Å². The number of nitrogens with zero attached hydrogens (tertiary/aromatic N) is 1. The molecule has 3 heteroatoms. The standard InChI is InChI=1S/C99H65NS2/c1-64-54-73(87-58-77(67-32-13-4-14-33-67)62-91-89-60-75(65-28-9-2-10-29-65)56-85(96(89)101-98(87)91)69-36-17-6-18-37-69)42-27-53-100(79-50-47-72(48-51-79)95-82-45-25-23-43-80(82)94(71-40-21-8-22-41-71)81-44-24-26-46-83(81)95)93-52-49-74(55-84(64)93)88-59-78(68-34-15-5-16-35-68)63-92-90-61-76(66-30-11-3-12-31-66)57-86(97(90)102-99(88)92)70-38-19-7-20-39-70/h2-52,54-63H,1,53H2/b42-27-,73-54+. The first-order chi connectivity index (χ1) is 50.5. The van der Waals surface area contributed by atoms with Gasteiger partial charge in [0.15, 0.2) is 0 Å². The molecule has 0 fully saturated rings. The van der Waals surface area contributed by atoms with E-state index in [1.165, 1.54) is 162 Å². The third-order valence-corrected chi connectivity index (χ3v) is 23.2. The molecule has 478 valence electrons. The Balaban J connectivity index is 0.834. The molecule has 0 atom stereocenters. The molecule has 16 aromatic carbocycles. The average molecular weight is 1330 g/mol. The van der Waals surface area contributed by atoms with Gasteiger partial charge < -0.3 is 4.90 Å². The van der Waals surface area contributed by atoms with Gasteiger partial charge in [-0.3, -0.25) is 0 Å². The van der Waals surface area contributed by atoms with Gasteiger partial charge in [-0.25, -0.2) is 0 Å². The Labute approximate surface area is 602 Å². The summed E-state index contributed by atoms with van der Waals surface area (Å²) in [5.41, 5.74) is 28.0. The second-order valence-corrected chi connectivity index (χ2v) is 28.7. The number of benzene rings is 16. The summed E-state index contributed by atoms with van der Waals surface area (Å²) >= 11 is 3.80. The van der Waals surface area contributed by atoms with E-state index in [4.69, 9.17) is 6.58 Å². The molecule has 0 aliphatic carbocycles. The fourth-order valence-corrected chi connectivity index (χ4v) is 18.4. The van der Waals surface area contributed by atoms with Crippen molar-refractivity contribution in [1.82, 2.24) is 0 Å². The highest BCUT2D eigenvalue weighted by Crippen LogP contribution is 2.52. The van der Waals surface area contributed by atoms with E-state index in [1.807, 2.05) is 22.7 Å². The fraction of sp³-hybridized carbons (Fsp3) is 0.0101. The zero-order valence-corrected chi connectivity index (χ0v) is 57.5. The smallest absolute Gasteiger partial charge is 0.0493 e. The molecule has 0 unspecified atom stereocenters. The van der Waals surface area contributed by atoms with Crippen LogP contribution >= 0.6 is 22.7 Å². The van der Waals surface area contributed by atoms with Gasteiger partial charge in [-0.15, -0.1) is 22.7 Å². The molecule has 2 aromatic heterocycles. The van der Waals surface area contributed by atoms with E-state index in [0.29, 0.717) is 6.54 Å². The van der Waals surface area contributed by atoms with Crippen molar-refractivity contribution in [3.8, 4) is 100 Å². The van der Waals surface area contributed by atoms with Crippen molar-refractivity contribution >= 4 is 107 Å². The molecular formula is C99H65NS2. The van der Waals surface area contributed by atoms with Gasteiger partial charge in [0.25, 0.3) is 0 Å². The SMILES string of the molecule is C=C1/C=C(c2cc(-c3ccccc3)cc3c2sc2c(-c4ccccc4)cc(-c4ccccc4)cc23)\C=C/CN(c2ccc(-c3c4ccccc4c(-c4ccccc4)c4ccccc34)cc2)c2ccc(-c3cc(-c4ccccc4)cc4c3sc3c(-c5ccccc5)cc(-c5ccccc5)cc34)cc21. The van der Waals surface area contributed by atoms with Gasteiger partial charge >= 0.3 is 0 Å². The van der Waals surface area contributed by atoms with E-state index in [-0.39, 0.29) is 0 Å². The van der Waals surface area contributed by atoms with E-state index in [1.54, 1.807) is 0 Å². The number of hydrogen-bond donors (Lipinski definition) is 0. The molecule has 1 aliphatic rings. The summed E-state index contributed by atoms with van der Waals surface area (Å²) in [7, 11) is 0. The van der Waals surface area contributed by atoms with Crippen LogP contribution in [0.1, 0.15) is 11.1 Å². The van der Waals surface area contributed by atoms with Crippen molar-refractivity contribution in [3.63, 3.8) is 0 Å². The Bertz CT molecular complexity index is 6290. The average Bonchev–Trinajstić information content (AvgIpc) is 1.35. The maximum Gasteiger partial charge on any atom is 0.0493 e. The number of fused-ring (bicyclic) bond motifs is 9. The molecule has 0 bridgehead atoms. The van der Waals surface area contributed by atoms with Crippen LogP contribution in [0.5, 0.6) is 0 Å². The lowest BCUT2D eigenvalue weighted by atomic mass is 9.86. The van der Waals surface area contributed by atoms with Gasteiger partial charge in [-0.2, -0.15) is 0 Å². The van der Waals surface area contributed by atoms with Gasteiger partial charge in [0.2, 0.25) is 0 Å². The molecule has 0 saturated carbocycles. The van der Waals surface area contributed by atoms with Crippen LogP contribution < -0.4 is 4.90 Å². The van der Waals surface area contributed by atoms with Crippen LogP contribution in [0.15, 0.2) is 377 Å². The first-order valence-electron chi connectivity index (χ1n) is 35.0. The van der Waals surface area contributed by atoms with Gasteiger partial charge in [-0.1, -0.05) is 298 Å². The van der Waals surface area contributed by atoms with E-state index in [2.05, 4.69) is 375 Å². The van der Waals surface area contributed by atoms with E-state index < -0.39 is 0 Å². The monoisotopic (exact) mass is 1330 g/mol. The Morgan fingerprint density at radius 1 is 0.245 bits per heavy atom. The Kier molecular flexibility index (Phi) is 15.3. The lowest BCUT2D eigenvalue weighted by Crippen LogP contribution is -2.18. The predicted octanol–water partition coefficient (Wildman–Crippen LogP) is 28.5. The summed E-state index contributed by atoms with van der Waals surface area (Å²) in [5.74, 6) is 0. The predicted molar refractivity (Wildman–Crippen MR) is 442 cm³/mol. The second-order valence-electron chi connectivity index (χ2n) is 26.6. The number of thiophene rings is 2. The van der Waals surface area contributed by atoms with E-state index >= 15 is 0 Å². The summed E-state index contributed by atoms with van der Waals surface area (Å²) in [6, 6.07) is 130. The van der Waals surface area contributed by atoms with Crippen molar-refractivity contribution in [2.75, 3.05) is 11.4 Å². The minimum absolute atomic E-state index is 0.594. The van der Waals surface area contributed by atoms with Crippen LogP contribution in [0, 0.1) is 0 Å². The largest absolute Gasteiger partial charge is 0.337 e. The number of anilines is 2. The van der Waals surface area contributed by atoms with Gasteiger partial charge in [0, 0.05) is 86.1 Å². The van der Waals surface area contributed by atoms with Crippen LogP contribution in [0.4, 0.5) is 11.4 Å². The number of hydrogen-bond acceptors (Lipinski definition) is 3. The molecule has 19 rings (SSSR count). The van der Waals surface area contributed by atoms with Crippen molar-refractivity contribution in [2.45, 2.75) is 0 Å². The topological polar surface area (TPSA) is 3.24 Å². The van der Waals surface area contributed by atoms with Crippen LogP contribution in [-0.4, -0.2) is 6.54 Å². The van der Waals surface area contributed by atoms with Crippen molar-refractivity contribution in [3.05, 3.63) is 388 Å². The molecular weight excluding hydrogens is 1270 g/mol. The maximum absolute atomic E-state index is 5.20. The molecule has 1 nitrogen and oxygen atoms in total. The highest BCUT2D eigenvalue weighted by molar-refractivity contribution is 7.27. The molecule has 0 N–H and O–H groups in total. The molecule has 3 heterocycles. The summed E-state index contributed by atoms with van der Waals surface area (Å²) < 4.78 is 5.03. The molecule has 0 spiro atoms. The summed E-state index contributed by atoms with van der Waals surface area (Å²) in [6.45, 7) is 5.79. The number of allylic oxidation sites excluding steroid dienone is 4. The quantitative estimate of drug-likeness (QED) is 0.117. The lowest BCUT2D eigenvalue weighted by molar-refractivity contribution is 1.09. The van der Waals surface area contributed by atoms with Crippen LogP contribution in [0.3, 0.4) is 0 Å². The number of rotatable bonds is 11. The molecule has 0 amide bonds. The summed E-state index contributed by atoms with van der Waals surface area (Å²) in [6.07, 6.45) is 7.11. The molecule has 18 aromatic rings. The van der Waals surface area contributed by atoms with E-state index in [0.717, 1.165) is 33.6 Å². The third-order valence-electron chi connectivity index (χ3n) is 20.6. The third kappa shape index (κ3) is 10.8. The first-order valence-corrected chi connectivity index (χ1v) is 36.6. The Morgan fingerprint density at radius 2 is 0.549 bits per heavy atom. The zero-order chi connectivity index (χ0) is 67.6. The lowest BCUT2D eigenvalue weighted by Gasteiger charge is -2.27. The van der Waals surface area contributed by atoms with Crippen molar-refractivity contribution < 1.29 is 0 Å². The Hall–Kier alpha value is -12.5. The van der Waals surface area contributed by atoms with Crippen molar-refractivity contribution in [2.24, 2.45) is 0 Å². The first kappa shape index (κ1) is 60.7. The second kappa shape index (κ2) is 25.7. The molecule has 0 saturated heterocycles. The highest BCUT2D eigenvalue weighted by Gasteiger charge is 2.25. The minimum Gasteiger partial charge on any atom is -0.337 e. The zero-order valence-electron chi connectivity index (χ0n) is 55.9. The molecule has 1 aliphatic heterocycles. The summed E-state index contributed by atoms with van der Waals surface area (Å²) in [5, 5.41) is 9.91. The fourth-order valence-electron chi connectivity index (χ4n) is 15.7. The molecule has 0 radical (unpaired) electrons. The van der Waals surface area contributed by atoms with Crippen LogP contribution in [-0.2, 0) is 0 Å².